The number of aromatic nitrogens is 2. The van der Waals surface area contributed by atoms with Crippen LogP contribution in [0.5, 0.6) is 0 Å². The van der Waals surface area contributed by atoms with E-state index < -0.39 is 6.10 Å². The van der Waals surface area contributed by atoms with Gasteiger partial charge in [0.05, 0.1) is 30.3 Å². The summed E-state index contributed by atoms with van der Waals surface area (Å²) in [6.45, 7) is 2.34. The summed E-state index contributed by atoms with van der Waals surface area (Å²) in [6.07, 6.45) is -1.01. The molecule has 1 heterocycles. The zero-order valence-electron chi connectivity index (χ0n) is 17.0. The topological polar surface area (TPSA) is 67.5 Å². The Kier molecular flexibility index (Phi) is 6.23. The molecule has 0 aliphatic heterocycles. The van der Waals surface area contributed by atoms with Gasteiger partial charge in [0.15, 0.2) is 0 Å². The molecule has 154 valence electrons. The molecule has 4 aromatic rings. The molecule has 0 saturated carbocycles. The van der Waals surface area contributed by atoms with Gasteiger partial charge in [-0.05, 0) is 35.7 Å². The van der Waals surface area contributed by atoms with Crippen LogP contribution in [0.25, 0.3) is 11.0 Å². The lowest BCUT2D eigenvalue weighted by Crippen LogP contribution is -2.24. The van der Waals surface area contributed by atoms with Crippen LogP contribution in [0.1, 0.15) is 28.6 Å². The highest BCUT2D eigenvalue weighted by Crippen LogP contribution is 2.28. The van der Waals surface area contributed by atoms with Gasteiger partial charge in [-0.1, -0.05) is 66.7 Å². The lowest BCUT2D eigenvalue weighted by Gasteiger charge is -2.23. The first-order chi connectivity index (χ1) is 14.7. The number of fused-ring (bicyclic) bond motifs is 1. The summed E-state index contributed by atoms with van der Waals surface area (Å²) in [5, 5.41) is 20.4. The number of nitrogens with zero attached hydrogens (tertiary/aromatic N) is 2. The highest BCUT2D eigenvalue weighted by molar-refractivity contribution is 5.75. The molecule has 2 N–H and O–H groups in total. The molecule has 5 heteroatoms. The molecular formula is C25H26N2O3. The van der Waals surface area contributed by atoms with Gasteiger partial charge >= 0.3 is 0 Å². The third-order valence-corrected chi connectivity index (χ3v) is 5.30. The Morgan fingerprint density at radius 2 is 1.63 bits per heavy atom. The minimum atomic E-state index is -0.747. The van der Waals surface area contributed by atoms with E-state index in [1.165, 1.54) is 0 Å². The normalized spacial score (nSPS) is 13.4. The number of imidazole rings is 1. The fraction of sp³-hybridized carbons (Fsp3) is 0.240. The van der Waals surface area contributed by atoms with E-state index in [0.29, 0.717) is 12.4 Å². The van der Waals surface area contributed by atoms with Gasteiger partial charge in [-0.15, -0.1) is 0 Å². The molecule has 3 aromatic carbocycles. The van der Waals surface area contributed by atoms with Crippen molar-refractivity contribution in [1.29, 1.82) is 0 Å². The second kappa shape index (κ2) is 9.22. The molecule has 0 aliphatic rings. The van der Waals surface area contributed by atoms with Crippen LogP contribution in [0.3, 0.4) is 0 Å². The predicted octanol–water partition coefficient (Wildman–Crippen LogP) is 4.00. The van der Waals surface area contributed by atoms with Gasteiger partial charge in [0.2, 0.25) is 0 Å². The average molecular weight is 402 g/mol. The van der Waals surface area contributed by atoms with E-state index in [4.69, 9.17) is 4.74 Å². The third-order valence-electron chi connectivity index (χ3n) is 5.30. The number of rotatable bonds is 8. The van der Waals surface area contributed by atoms with Crippen LogP contribution in [0.15, 0.2) is 78.9 Å². The van der Waals surface area contributed by atoms with Crippen molar-refractivity contribution in [2.75, 3.05) is 6.61 Å². The van der Waals surface area contributed by atoms with Gasteiger partial charge in [0, 0.05) is 0 Å². The van der Waals surface area contributed by atoms with Crippen molar-refractivity contribution >= 4 is 11.0 Å². The molecule has 0 unspecified atom stereocenters. The van der Waals surface area contributed by atoms with Crippen LogP contribution in [-0.4, -0.2) is 32.5 Å². The van der Waals surface area contributed by atoms with Gasteiger partial charge < -0.3 is 19.5 Å². The molecule has 0 radical (unpaired) electrons. The van der Waals surface area contributed by atoms with Crippen LogP contribution in [0, 0.1) is 6.92 Å². The molecule has 0 spiro atoms. The maximum absolute atomic E-state index is 10.8. The quantitative estimate of drug-likeness (QED) is 0.467. The molecule has 1 aromatic heterocycles. The maximum atomic E-state index is 10.8. The number of ether oxygens (including phenoxy) is 1. The Hall–Kier alpha value is -2.99. The zero-order chi connectivity index (χ0) is 20.9. The van der Waals surface area contributed by atoms with E-state index in [-0.39, 0.29) is 19.3 Å². The molecule has 0 saturated heterocycles. The minimum Gasteiger partial charge on any atom is -0.389 e. The first-order valence-electron chi connectivity index (χ1n) is 10.1. The molecule has 5 nitrogen and oxygen atoms in total. The third kappa shape index (κ3) is 4.28. The molecule has 2 atom stereocenters. The van der Waals surface area contributed by atoms with Crippen LogP contribution in [0.4, 0.5) is 0 Å². The Morgan fingerprint density at radius 3 is 2.40 bits per heavy atom. The number of hydrogen-bond donors (Lipinski definition) is 2. The Labute approximate surface area is 176 Å². The molecule has 0 amide bonds. The van der Waals surface area contributed by atoms with E-state index in [1.54, 1.807) is 0 Å². The smallest absolute Gasteiger partial charge is 0.135 e. The largest absolute Gasteiger partial charge is 0.389 e. The Bertz CT molecular complexity index is 1110. The highest BCUT2D eigenvalue weighted by Gasteiger charge is 2.20. The van der Waals surface area contributed by atoms with Crippen LogP contribution < -0.4 is 0 Å². The van der Waals surface area contributed by atoms with Crippen molar-refractivity contribution in [2.45, 2.75) is 32.3 Å². The summed E-state index contributed by atoms with van der Waals surface area (Å²) in [5.74, 6) is 0.536. The standard InChI is InChI=1S/C25H26N2O3/c1-18-9-5-6-12-21(18)25(19-10-3-2-4-11-19)30-17-20(29)15-27-23-14-8-7-13-22(23)26-24(27)16-28/h2-14,20,25,28-29H,15-17H2,1H3/t20-,25+/m0/s1. The van der Waals surface area contributed by atoms with E-state index in [1.807, 2.05) is 71.3 Å². The summed E-state index contributed by atoms with van der Waals surface area (Å²) in [7, 11) is 0. The first kappa shape index (κ1) is 20.3. The van der Waals surface area contributed by atoms with Crippen LogP contribution >= 0.6 is 0 Å². The number of aliphatic hydroxyl groups excluding tert-OH is 2. The molecule has 0 aliphatic carbocycles. The maximum Gasteiger partial charge on any atom is 0.135 e. The summed E-state index contributed by atoms with van der Waals surface area (Å²) < 4.78 is 8.10. The van der Waals surface area contributed by atoms with Crippen molar-refractivity contribution in [3.8, 4) is 0 Å². The van der Waals surface area contributed by atoms with Gasteiger partial charge in [-0.2, -0.15) is 0 Å². The molecular weight excluding hydrogens is 376 g/mol. The van der Waals surface area contributed by atoms with Gasteiger partial charge in [0.1, 0.15) is 18.5 Å². The van der Waals surface area contributed by atoms with Crippen molar-refractivity contribution in [2.24, 2.45) is 0 Å². The fourth-order valence-electron chi connectivity index (χ4n) is 3.79. The monoisotopic (exact) mass is 402 g/mol. The van der Waals surface area contributed by atoms with Crippen molar-refractivity contribution in [3.05, 3.63) is 101 Å². The summed E-state index contributed by atoms with van der Waals surface area (Å²) in [4.78, 5) is 4.45. The van der Waals surface area contributed by atoms with Crippen LogP contribution in [-0.2, 0) is 17.9 Å². The molecule has 4 rings (SSSR count). The number of aliphatic hydroxyl groups is 2. The van der Waals surface area contributed by atoms with E-state index in [9.17, 15) is 10.2 Å². The van der Waals surface area contributed by atoms with Crippen molar-refractivity contribution < 1.29 is 14.9 Å². The number of para-hydroxylation sites is 2. The van der Waals surface area contributed by atoms with Crippen molar-refractivity contribution in [1.82, 2.24) is 9.55 Å². The lowest BCUT2D eigenvalue weighted by atomic mass is 9.97. The predicted molar refractivity (Wildman–Crippen MR) is 117 cm³/mol. The molecule has 30 heavy (non-hydrogen) atoms. The number of aryl methyl sites for hydroxylation is 1. The highest BCUT2D eigenvalue weighted by atomic mass is 16.5. The van der Waals surface area contributed by atoms with Crippen molar-refractivity contribution in [3.63, 3.8) is 0 Å². The second-order valence-corrected chi connectivity index (χ2v) is 7.42. The summed E-state index contributed by atoms with van der Waals surface area (Å²) in [5.41, 5.74) is 4.96. The summed E-state index contributed by atoms with van der Waals surface area (Å²) >= 11 is 0. The van der Waals surface area contributed by atoms with E-state index in [0.717, 1.165) is 27.7 Å². The van der Waals surface area contributed by atoms with Gasteiger partial charge in [0.25, 0.3) is 0 Å². The molecule has 0 fully saturated rings. The number of hydrogen-bond acceptors (Lipinski definition) is 4. The van der Waals surface area contributed by atoms with Crippen LogP contribution in [0.2, 0.25) is 0 Å². The van der Waals surface area contributed by atoms with E-state index >= 15 is 0 Å². The fourth-order valence-corrected chi connectivity index (χ4v) is 3.79. The second-order valence-electron chi connectivity index (χ2n) is 7.42. The average Bonchev–Trinajstić information content (AvgIpc) is 3.13. The Morgan fingerprint density at radius 1 is 0.933 bits per heavy atom. The van der Waals surface area contributed by atoms with Gasteiger partial charge in [-0.25, -0.2) is 4.98 Å². The van der Waals surface area contributed by atoms with Gasteiger partial charge in [-0.3, -0.25) is 0 Å². The summed E-state index contributed by atoms with van der Waals surface area (Å²) in [6, 6.07) is 25.9. The Balaban J connectivity index is 1.54. The molecule has 0 bridgehead atoms. The zero-order valence-corrected chi connectivity index (χ0v) is 17.0. The SMILES string of the molecule is Cc1ccccc1[C@H](OC[C@@H](O)Cn1c(CO)nc2ccccc21)c1ccccc1. The van der Waals surface area contributed by atoms with E-state index in [2.05, 4.69) is 24.0 Å². The minimum absolute atomic E-state index is 0.158. The lowest BCUT2D eigenvalue weighted by molar-refractivity contribution is -0.000932. The first-order valence-corrected chi connectivity index (χ1v) is 10.1. The number of benzene rings is 3.